The molecule has 1 nitrogen and oxygen atoms in total. The molecule has 0 aliphatic carbocycles. The van der Waals surface area contributed by atoms with Gasteiger partial charge in [-0.25, -0.2) is 4.39 Å². The maximum atomic E-state index is 12.9. The fourth-order valence-electron chi connectivity index (χ4n) is 1.85. The Morgan fingerprint density at radius 2 is 2.00 bits per heavy atom. The standard InChI is InChI=1S/C14H15BrFNS/c1-9-12(15)8-14(18-9)13(17-2)7-10-3-5-11(16)6-4-10/h3-6,8,13,17H,7H2,1-2H3. The summed E-state index contributed by atoms with van der Waals surface area (Å²) in [5.41, 5.74) is 1.14. The highest BCUT2D eigenvalue weighted by atomic mass is 79.9. The number of halogens is 2. The van der Waals surface area contributed by atoms with E-state index in [2.05, 4.69) is 34.2 Å². The van der Waals surface area contributed by atoms with E-state index in [1.807, 2.05) is 19.2 Å². The van der Waals surface area contributed by atoms with Gasteiger partial charge in [0.2, 0.25) is 0 Å². The molecule has 2 rings (SSSR count). The Labute approximate surface area is 119 Å². The molecule has 1 unspecified atom stereocenters. The van der Waals surface area contributed by atoms with Crippen LogP contribution in [-0.4, -0.2) is 7.05 Å². The number of thiophene rings is 1. The minimum Gasteiger partial charge on any atom is -0.312 e. The van der Waals surface area contributed by atoms with Crippen molar-refractivity contribution in [1.29, 1.82) is 0 Å². The highest BCUT2D eigenvalue weighted by Crippen LogP contribution is 2.31. The summed E-state index contributed by atoms with van der Waals surface area (Å²) in [5, 5.41) is 3.32. The van der Waals surface area contributed by atoms with Gasteiger partial charge in [0.05, 0.1) is 0 Å². The van der Waals surface area contributed by atoms with Crippen molar-refractivity contribution in [3.8, 4) is 0 Å². The van der Waals surface area contributed by atoms with Crippen LogP contribution in [0.1, 0.15) is 21.4 Å². The summed E-state index contributed by atoms with van der Waals surface area (Å²) in [6.07, 6.45) is 0.864. The van der Waals surface area contributed by atoms with Crippen molar-refractivity contribution in [2.75, 3.05) is 7.05 Å². The molecule has 1 N–H and O–H groups in total. The summed E-state index contributed by atoms with van der Waals surface area (Å²) in [6, 6.07) is 9.13. The summed E-state index contributed by atoms with van der Waals surface area (Å²) in [5.74, 6) is -0.186. The molecule has 0 spiro atoms. The molecule has 0 saturated carbocycles. The average molecular weight is 328 g/mol. The van der Waals surface area contributed by atoms with Gasteiger partial charge in [0.25, 0.3) is 0 Å². The molecule has 0 fully saturated rings. The van der Waals surface area contributed by atoms with Crippen LogP contribution >= 0.6 is 27.3 Å². The Morgan fingerprint density at radius 1 is 1.33 bits per heavy atom. The first kappa shape index (κ1) is 13.7. The van der Waals surface area contributed by atoms with Gasteiger partial charge in [-0.3, -0.25) is 0 Å². The first-order valence-corrected chi connectivity index (χ1v) is 7.38. The molecule has 0 aliphatic heterocycles. The molecule has 1 heterocycles. The van der Waals surface area contributed by atoms with Crippen molar-refractivity contribution in [2.45, 2.75) is 19.4 Å². The quantitative estimate of drug-likeness (QED) is 0.874. The Kier molecular flexibility index (Phi) is 4.54. The van der Waals surface area contributed by atoms with Crippen molar-refractivity contribution in [2.24, 2.45) is 0 Å². The van der Waals surface area contributed by atoms with E-state index in [9.17, 15) is 4.39 Å². The van der Waals surface area contributed by atoms with Gasteiger partial charge in [-0.05, 0) is 60.1 Å². The molecule has 1 aromatic heterocycles. The first-order valence-electron chi connectivity index (χ1n) is 5.77. The number of aryl methyl sites for hydroxylation is 1. The smallest absolute Gasteiger partial charge is 0.123 e. The number of nitrogens with one attached hydrogen (secondary N) is 1. The Bertz CT molecular complexity index is 502. The largest absolute Gasteiger partial charge is 0.312 e. The molecule has 18 heavy (non-hydrogen) atoms. The van der Waals surface area contributed by atoms with Gasteiger partial charge in [0.1, 0.15) is 5.82 Å². The molecule has 4 heteroatoms. The van der Waals surface area contributed by atoms with Gasteiger partial charge in [-0.1, -0.05) is 12.1 Å². The lowest BCUT2D eigenvalue weighted by atomic mass is 10.0. The van der Waals surface area contributed by atoms with E-state index in [4.69, 9.17) is 0 Å². The summed E-state index contributed by atoms with van der Waals surface area (Å²) < 4.78 is 14.0. The van der Waals surface area contributed by atoms with Crippen LogP contribution in [0.3, 0.4) is 0 Å². The predicted octanol–water partition coefficient (Wildman–Crippen LogP) is 4.46. The molecule has 0 amide bonds. The zero-order chi connectivity index (χ0) is 13.1. The van der Waals surface area contributed by atoms with Crippen LogP contribution in [-0.2, 0) is 6.42 Å². The third-order valence-corrected chi connectivity index (χ3v) is 5.17. The van der Waals surface area contributed by atoms with Gasteiger partial charge in [0.15, 0.2) is 0 Å². The van der Waals surface area contributed by atoms with E-state index in [1.54, 1.807) is 11.3 Å². The van der Waals surface area contributed by atoms with Crippen LogP contribution in [0.4, 0.5) is 4.39 Å². The SMILES string of the molecule is CNC(Cc1ccc(F)cc1)c1cc(Br)c(C)s1. The summed E-state index contributed by atoms with van der Waals surface area (Å²) in [7, 11) is 1.96. The van der Waals surface area contributed by atoms with E-state index < -0.39 is 0 Å². The van der Waals surface area contributed by atoms with Crippen molar-refractivity contribution in [3.63, 3.8) is 0 Å². The monoisotopic (exact) mass is 327 g/mol. The summed E-state index contributed by atoms with van der Waals surface area (Å²) in [4.78, 5) is 2.58. The van der Waals surface area contributed by atoms with E-state index in [0.29, 0.717) is 0 Å². The fourth-order valence-corrected chi connectivity index (χ4v) is 3.53. The van der Waals surface area contributed by atoms with Crippen LogP contribution in [0.5, 0.6) is 0 Å². The molecule has 0 aliphatic rings. The molecule has 0 radical (unpaired) electrons. The Hall–Kier alpha value is -0.710. The van der Waals surface area contributed by atoms with Crippen LogP contribution in [0, 0.1) is 12.7 Å². The van der Waals surface area contributed by atoms with Crippen molar-refractivity contribution in [3.05, 3.63) is 55.9 Å². The molecule has 2 aromatic rings. The molecule has 1 aromatic carbocycles. The van der Waals surface area contributed by atoms with E-state index in [-0.39, 0.29) is 11.9 Å². The minimum atomic E-state index is -0.186. The number of likely N-dealkylation sites (N-methyl/N-ethyl adjacent to an activating group) is 1. The fraction of sp³-hybridized carbons (Fsp3) is 0.286. The zero-order valence-electron chi connectivity index (χ0n) is 10.3. The first-order chi connectivity index (χ1) is 8.60. The van der Waals surface area contributed by atoms with Crippen LogP contribution in [0.15, 0.2) is 34.8 Å². The minimum absolute atomic E-state index is 0.186. The van der Waals surface area contributed by atoms with Crippen LogP contribution < -0.4 is 5.32 Å². The third-order valence-electron chi connectivity index (χ3n) is 2.92. The van der Waals surface area contributed by atoms with Crippen molar-refractivity contribution >= 4 is 27.3 Å². The second kappa shape index (κ2) is 5.95. The van der Waals surface area contributed by atoms with E-state index in [1.165, 1.54) is 21.9 Å². The molecule has 0 saturated heterocycles. The highest BCUT2D eigenvalue weighted by Gasteiger charge is 2.14. The van der Waals surface area contributed by atoms with E-state index >= 15 is 0 Å². The molecule has 96 valence electrons. The lowest BCUT2D eigenvalue weighted by Gasteiger charge is -2.14. The van der Waals surface area contributed by atoms with Crippen molar-refractivity contribution < 1.29 is 4.39 Å². The Balaban J connectivity index is 2.16. The predicted molar refractivity (Wildman–Crippen MR) is 78.7 cm³/mol. The second-order valence-electron chi connectivity index (χ2n) is 4.22. The van der Waals surface area contributed by atoms with Crippen molar-refractivity contribution in [1.82, 2.24) is 5.32 Å². The molecular formula is C14H15BrFNS. The van der Waals surface area contributed by atoms with Gasteiger partial charge >= 0.3 is 0 Å². The molecule has 0 bridgehead atoms. The lowest BCUT2D eigenvalue weighted by molar-refractivity contribution is 0.597. The van der Waals surface area contributed by atoms with Gasteiger partial charge in [-0.15, -0.1) is 11.3 Å². The summed E-state index contributed by atoms with van der Waals surface area (Å²) >= 11 is 5.33. The Morgan fingerprint density at radius 3 is 2.50 bits per heavy atom. The molecule has 1 atom stereocenters. The topological polar surface area (TPSA) is 12.0 Å². The zero-order valence-corrected chi connectivity index (χ0v) is 12.7. The number of hydrogen-bond donors (Lipinski definition) is 1. The molecular weight excluding hydrogens is 313 g/mol. The second-order valence-corrected chi connectivity index (χ2v) is 6.37. The number of hydrogen-bond acceptors (Lipinski definition) is 2. The van der Waals surface area contributed by atoms with E-state index in [0.717, 1.165) is 16.5 Å². The summed E-state index contributed by atoms with van der Waals surface area (Å²) in [6.45, 7) is 2.10. The maximum Gasteiger partial charge on any atom is 0.123 e. The normalized spacial score (nSPS) is 12.7. The van der Waals surface area contributed by atoms with Crippen LogP contribution in [0.2, 0.25) is 0 Å². The maximum absolute atomic E-state index is 12.9. The number of benzene rings is 1. The van der Waals surface area contributed by atoms with Gasteiger partial charge in [-0.2, -0.15) is 0 Å². The van der Waals surface area contributed by atoms with Gasteiger partial charge in [0, 0.05) is 20.3 Å². The highest BCUT2D eigenvalue weighted by molar-refractivity contribution is 9.10. The third kappa shape index (κ3) is 3.19. The number of rotatable bonds is 4. The van der Waals surface area contributed by atoms with Crippen LogP contribution in [0.25, 0.3) is 0 Å². The average Bonchev–Trinajstić information content (AvgIpc) is 2.69. The lowest BCUT2D eigenvalue weighted by Crippen LogP contribution is -2.17. The van der Waals surface area contributed by atoms with Gasteiger partial charge < -0.3 is 5.32 Å².